The molecule has 0 saturated heterocycles. The van der Waals surface area contributed by atoms with Crippen LogP contribution in [-0.4, -0.2) is 0 Å². The van der Waals surface area contributed by atoms with Crippen LogP contribution in [0.1, 0.15) is 0 Å². The zero-order chi connectivity index (χ0) is 37.7. The van der Waals surface area contributed by atoms with E-state index in [2.05, 4.69) is 199 Å². The molecule has 57 heavy (non-hydrogen) atoms. The minimum absolute atomic E-state index is 0.837. The lowest BCUT2D eigenvalue weighted by molar-refractivity contribution is 0.669. The van der Waals surface area contributed by atoms with Gasteiger partial charge in [-0.3, -0.25) is 0 Å². The standard InChI is InChI=1S/C54H35NO2/c1-3-12-36(13-4-1)38-26-30-42(31-27-38)55(43-32-28-39(29-33-43)37-14-5-2-6-15-37)49-35-34-44(52-48-17-8-10-21-51(48)57-54(49)52)40-22-24-41(25-23-40)45-18-11-19-47-46-16-7-9-20-50(46)56-53(45)47/h1-35H. The van der Waals surface area contributed by atoms with E-state index in [1.54, 1.807) is 0 Å². The van der Waals surface area contributed by atoms with Gasteiger partial charge >= 0.3 is 0 Å². The Bertz CT molecular complexity index is 3110. The van der Waals surface area contributed by atoms with Crippen LogP contribution in [0.2, 0.25) is 0 Å². The van der Waals surface area contributed by atoms with Crippen molar-refractivity contribution in [1.29, 1.82) is 0 Å². The number of para-hydroxylation sites is 3. The zero-order valence-corrected chi connectivity index (χ0v) is 31.0. The molecule has 0 spiro atoms. The summed E-state index contributed by atoms with van der Waals surface area (Å²) in [5.74, 6) is 0. The van der Waals surface area contributed by atoms with Crippen LogP contribution in [0.25, 0.3) is 88.4 Å². The predicted octanol–water partition coefficient (Wildman–Crippen LogP) is 15.6. The molecule has 0 saturated carbocycles. The maximum Gasteiger partial charge on any atom is 0.160 e. The lowest BCUT2D eigenvalue weighted by Gasteiger charge is -2.26. The maximum absolute atomic E-state index is 6.87. The largest absolute Gasteiger partial charge is 0.455 e. The minimum Gasteiger partial charge on any atom is -0.455 e. The van der Waals surface area contributed by atoms with Gasteiger partial charge in [-0.25, -0.2) is 0 Å². The fraction of sp³-hybridized carbons (Fsp3) is 0. The molecule has 0 N–H and O–H groups in total. The van der Waals surface area contributed by atoms with Gasteiger partial charge in [0.15, 0.2) is 5.58 Å². The Morgan fingerprint density at radius 1 is 0.281 bits per heavy atom. The summed E-state index contributed by atoms with van der Waals surface area (Å²) in [5.41, 5.74) is 15.7. The topological polar surface area (TPSA) is 29.5 Å². The van der Waals surface area contributed by atoms with Crippen molar-refractivity contribution in [3.8, 4) is 44.5 Å². The molecule has 268 valence electrons. The van der Waals surface area contributed by atoms with Crippen molar-refractivity contribution in [1.82, 2.24) is 0 Å². The lowest BCUT2D eigenvalue weighted by atomic mass is 9.95. The summed E-state index contributed by atoms with van der Waals surface area (Å²) in [7, 11) is 0. The zero-order valence-electron chi connectivity index (χ0n) is 31.0. The molecule has 0 aliphatic heterocycles. The molecule has 0 unspecified atom stereocenters. The maximum atomic E-state index is 6.87. The van der Waals surface area contributed by atoms with E-state index in [1.807, 2.05) is 18.2 Å². The summed E-state index contributed by atoms with van der Waals surface area (Å²) < 4.78 is 13.3. The summed E-state index contributed by atoms with van der Waals surface area (Å²) in [4.78, 5) is 2.31. The van der Waals surface area contributed by atoms with Crippen molar-refractivity contribution in [2.24, 2.45) is 0 Å². The average Bonchev–Trinajstić information content (AvgIpc) is 3.87. The van der Waals surface area contributed by atoms with Gasteiger partial charge in [-0.1, -0.05) is 170 Å². The highest BCUT2D eigenvalue weighted by Crippen LogP contribution is 2.46. The fourth-order valence-electron chi connectivity index (χ4n) is 8.33. The van der Waals surface area contributed by atoms with Crippen molar-refractivity contribution in [3.05, 3.63) is 212 Å². The lowest BCUT2D eigenvalue weighted by Crippen LogP contribution is -2.10. The molecule has 2 aromatic heterocycles. The number of nitrogens with zero attached hydrogens (tertiary/aromatic N) is 1. The molecule has 0 atom stereocenters. The number of fused-ring (bicyclic) bond motifs is 6. The van der Waals surface area contributed by atoms with Gasteiger partial charge in [0.05, 0.1) is 5.69 Å². The van der Waals surface area contributed by atoms with Crippen LogP contribution in [0.15, 0.2) is 221 Å². The molecule has 11 aromatic rings. The second-order valence-corrected chi connectivity index (χ2v) is 14.5. The van der Waals surface area contributed by atoms with E-state index in [9.17, 15) is 0 Å². The Labute approximate surface area is 330 Å². The van der Waals surface area contributed by atoms with Crippen LogP contribution in [0.5, 0.6) is 0 Å². The molecular formula is C54H35NO2. The quantitative estimate of drug-likeness (QED) is 0.164. The smallest absolute Gasteiger partial charge is 0.160 e. The molecule has 3 nitrogen and oxygen atoms in total. The molecule has 0 aliphatic rings. The van der Waals surface area contributed by atoms with E-state index >= 15 is 0 Å². The molecule has 2 heterocycles. The number of rotatable bonds is 7. The number of anilines is 3. The second kappa shape index (κ2) is 13.6. The fourth-order valence-corrected chi connectivity index (χ4v) is 8.33. The number of hydrogen-bond donors (Lipinski definition) is 0. The summed E-state index contributed by atoms with van der Waals surface area (Å²) in [6.45, 7) is 0. The van der Waals surface area contributed by atoms with Gasteiger partial charge < -0.3 is 13.7 Å². The van der Waals surface area contributed by atoms with Gasteiger partial charge in [0.25, 0.3) is 0 Å². The van der Waals surface area contributed by atoms with E-state index < -0.39 is 0 Å². The molecule has 0 amide bonds. The van der Waals surface area contributed by atoms with Crippen molar-refractivity contribution < 1.29 is 8.83 Å². The minimum atomic E-state index is 0.837. The second-order valence-electron chi connectivity index (χ2n) is 14.5. The average molecular weight is 730 g/mol. The van der Waals surface area contributed by atoms with E-state index in [0.29, 0.717) is 0 Å². The Balaban J connectivity index is 1.05. The highest BCUT2D eigenvalue weighted by molar-refractivity contribution is 6.17. The van der Waals surface area contributed by atoms with Gasteiger partial charge in [0, 0.05) is 38.5 Å². The van der Waals surface area contributed by atoms with Gasteiger partial charge in [0.2, 0.25) is 0 Å². The van der Waals surface area contributed by atoms with Crippen LogP contribution in [0.4, 0.5) is 17.1 Å². The molecule has 0 aliphatic carbocycles. The molecular weight excluding hydrogens is 695 g/mol. The first-order valence-corrected chi connectivity index (χ1v) is 19.3. The Morgan fingerprint density at radius 2 is 0.737 bits per heavy atom. The van der Waals surface area contributed by atoms with Crippen molar-refractivity contribution in [3.63, 3.8) is 0 Å². The van der Waals surface area contributed by atoms with E-state index in [-0.39, 0.29) is 0 Å². The predicted molar refractivity (Wildman–Crippen MR) is 237 cm³/mol. The van der Waals surface area contributed by atoms with Crippen molar-refractivity contribution in [2.75, 3.05) is 4.90 Å². The summed E-state index contributed by atoms with van der Waals surface area (Å²) in [6.07, 6.45) is 0. The van der Waals surface area contributed by atoms with Gasteiger partial charge in [-0.05, 0) is 81.4 Å². The first-order valence-electron chi connectivity index (χ1n) is 19.3. The summed E-state index contributed by atoms with van der Waals surface area (Å²) >= 11 is 0. The van der Waals surface area contributed by atoms with Gasteiger partial charge in [0.1, 0.15) is 16.7 Å². The molecule has 3 heteroatoms. The highest BCUT2D eigenvalue weighted by atomic mass is 16.3. The number of furan rings is 2. The Morgan fingerprint density at radius 3 is 1.35 bits per heavy atom. The third-order valence-electron chi connectivity index (χ3n) is 11.1. The van der Waals surface area contributed by atoms with Crippen LogP contribution < -0.4 is 4.90 Å². The van der Waals surface area contributed by atoms with Crippen LogP contribution in [-0.2, 0) is 0 Å². The normalized spacial score (nSPS) is 11.5. The van der Waals surface area contributed by atoms with E-state index in [0.717, 1.165) is 83.2 Å². The third kappa shape index (κ3) is 5.68. The number of benzene rings is 9. The van der Waals surface area contributed by atoms with Crippen molar-refractivity contribution in [2.45, 2.75) is 0 Å². The van der Waals surface area contributed by atoms with Crippen molar-refractivity contribution >= 4 is 60.9 Å². The SMILES string of the molecule is c1ccc(-c2ccc(N(c3ccc(-c4ccccc4)cc3)c3ccc(-c4ccc(-c5cccc6c5oc5ccccc56)cc4)c4c3oc3ccccc34)cc2)cc1. The van der Waals surface area contributed by atoms with Crippen LogP contribution >= 0.6 is 0 Å². The Hall–Kier alpha value is -7.62. The summed E-state index contributed by atoms with van der Waals surface area (Å²) in [5, 5.41) is 4.43. The molecule has 0 radical (unpaired) electrons. The van der Waals surface area contributed by atoms with E-state index in [4.69, 9.17) is 8.83 Å². The van der Waals surface area contributed by atoms with Gasteiger partial charge in [-0.2, -0.15) is 0 Å². The van der Waals surface area contributed by atoms with Gasteiger partial charge in [-0.15, -0.1) is 0 Å². The third-order valence-corrected chi connectivity index (χ3v) is 11.1. The molecule has 0 bridgehead atoms. The molecule has 11 rings (SSSR count). The Kier molecular flexibility index (Phi) is 7.82. The monoisotopic (exact) mass is 729 g/mol. The van der Waals surface area contributed by atoms with E-state index in [1.165, 1.54) is 22.3 Å². The highest BCUT2D eigenvalue weighted by Gasteiger charge is 2.23. The molecule has 0 fully saturated rings. The van der Waals surface area contributed by atoms with Crippen LogP contribution in [0, 0.1) is 0 Å². The first kappa shape index (κ1) is 32.8. The van der Waals surface area contributed by atoms with Crippen LogP contribution in [0.3, 0.4) is 0 Å². The first-order chi connectivity index (χ1) is 28.3. The molecule has 9 aromatic carbocycles. The summed E-state index contributed by atoms with van der Waals surface area (Å²) in [6, 6.07) is 75.0. The number of hydrogen-bond acceptors (Lipinski definition) is 3.